The van der Waals surface area contributed by atoms with Crippen LogP contribution in [0.5, 0.6) is 0 Å². The minimum Gasteiger partial charge on any atom is -0.346 e. The monoisotopic (exact) mass is 155 g/mol. The number of hydrogen-bond acceptors (Lipinski definition) is 2. The van der Waals surface area contributed by atoms with E-state index in [-0.39, 0.29) is 12.4 Å². The van der Waals surface area contributed by atoms with Gasteiger partial charge in [0.05, 0.1) is 0 Å². The molecule has 0 aliphatic rings. The van der Waals surface area contributed by atoms with Crippen molar-refractivity contribution in [2.75, 3.05) is 0 Å². The van der Waals surface area contributed by atoms with E-state index in [0.717, 1.165) is 11.0 Å². The molecular weight excluding hydrogens is 150 g/mol. The first-order chi connectivity index (χ1) is 4.47. The second kappa shape index (κ2) is 2.66. The van der Waals surface area contributed by atoms with E-state index in [1.807, 2.05) is 12.3 Å². The Labute approximate surface area is 63.9 Å². The standard InChI is InChI=1S/C6H5N3.ClH/c1-2-8-6-5(1)3-7-4-9-6;/h1-4H,(H,7,8,9);1H. The zero-order chi connectivity index (χ0) is 6.10. The summed E-state index contributed by atoms with van der Waals surface area (Å²) in [7, 11) is 0. The third-order valence-corrected chi connectivity index (χ3v) is 1.22. The lowest BCUT2D eigenvalue weighted by molar-refractivity contribution is 1.20. The van der Waals surface area contributed by atoms with Gasteiger partial charge < -0.3 is 4.98 Å². The molecule has 3 nitrogen and oxygen atoms in total. The van der Waals surface area contributed by atoms with Crippen LogP contribution < -0.4 is 0 Å². The molecule has 0 atom stereocenters. The number of H-pyrrole nitrogens is 1. The molecule has 0 radical (unpaired) electrons. The summed E-state index contributed by atoms with van der Waals surface area (Å²) >= 11 is 0. The van der Waals surface area contributed by atoms with Gasteiger partial charge in [0.2, 0.25) is 0 Å². The zero-order valence-corrected chi connectivity index (χ0v) is 5.93. The molecule has 2 aromatic rings. The van der Waals surface area contributed by atoms with Crippen LogP contribution >= 0.6 is 12.4 Å². The predicted octanol–water partition coefficient (Wildman–Crippen LogP) is 1.38. The van der Waals surface area contributed by atoms with Crippen molar-refractivity contribution in [2.45, 2.75) is 0 Å². The van der Waals surface area contributed by atoms with Crippen molar-refractivity contribution < 1.29 is 0 Å². The van der Waals surface area contributed by atoms with Gasteiger partial charge in [-0.3, -0.25) is 0 Å². The number of hydrogen-bond donors (Lipinski definition) is 1. The minimum atomic E-state index is 0. The van der Waals surface area contributed by atoms with E-state index in [4.69, 9.17) is 0 Å². The Morgan fingerprint density at radius 3 is 3.10 bits per heavy atom. The van der Waals surface area contributed by atoms with Crippen molar-refractivity contribution in [1.29, 1.82) is 0 Å². The van der Waals surface area contributed by atoms with E-state index in [9.17, 15) is 0 Å². The average Bonchev–Trinajstić information content (AvgIpc) is 2.33. The van der Waals surface area contributed by atoms with E-state index >= 15 is 0 Å². The maximum atomic E-state index is 3.97. The molecule has 0 saturated carbocycles. The Hall–Kier alpha value is -1.09. The van der Waals surface area contributed by atoms with Crippen LogP contribution in [0.3, 0.4) is 0 Å². The van der Waals surface area contributed by atoms with E-state index in [1.165, 1.54) is 6.33 Å². The molecule has 0 unspecified atom stereocenters. The summed E-state index contributed by atoms with van der Waals surface area (Å²) in [5.41, 5.74) is 0.894. The third-order valence-electron chi connectivity index (χ3n) is 1.22. The highest BCUT2D eigenvalue weighted by molar-refractivity contribution is 5.85. The van der Waals surface area contributed by atoms with Crippen molar-refractivity contribution in [2.24, 2.45) is 0 Å². The smallest absolute Gasteiger partial charge is 0.140 e. The Balaban J connectivity index is 0.000000500. The molecule has 2 heterocycles. The number of nitrogens with one attached hydrogen (secondary N) is 1. The first-order valence-corrected chi connectivity index (χ1v) is 2.70. The van der Waals surface area contributed by atoms with Gasteiger partial charge in [0.1, 0.15) is 12.0 Å². The van der Waals surface area contributed by atoms with Crippen molar-refractivity contribution >= 4 is 23.4 Å². The molecule has 0 saturated heterocycles. The van der Waals surface area contributed by atoms with Gasteiger partial charge in [0.25, 0.3) is 0 Å². The Kier molecular flexibility index (Phi) is 1.87. The maximum absolute atomic E-state index is 3.97. The molecule has 0 aliphatic heterocycles. The second-order valence-electron chi connectivity index (χ2n) is 1.80. The Morgan fingerprint density at radius 2 is 2.30 bits per heavy atom. The molecule has 0 aromatic carbocycles. The predicted molar refractivity (Wildman–Crippen MR) is 41.1 cm³/mol. The normalized spacial score (nSPS) is 9.20. The summed E-state index contributed by atoms with van der Waals surface area (Å²) < 4.78 is 0. The van der Waals surface area contributed by atoms with Crippen LogP contribution in [-0.4, -0.2) is 15.0 Å². The largest absolute Gasteiger partial charge is 0.346 e. The fraction of sp³-hybridized carbons (Fsp3) is 0. The molecule has 0 aliphatic carbocycles. The number of fused-ring (bicyclic) bond motifs is 1. The highest BCUT2D eigenvalue weighted by atomic mass is 35.5. The van der Waals surface area contributed by atoms with E-state index in [2.05, 4.69) is 15.0 Å². The highest BCUT2D eigenvalue weighted by Gasteiger charge is 1.89. The number of nitrogens with zero attached hydrogens (tertiary/aromatic N) is 2. The van der Waals surface area contributed by atoms with Gasteiger partial charge in [-0.15, -0.1) is 12.4 Å². The van der Waals surface area contributed by atoms with Crippen LogP contribution in [0.25, 0.3) is 11.0 Å². The van der Waals surface area contributed by atoms with Gasteiger partial charge in [0, 0.05) is 17.8 Å². The number of rotatable bonds is 0. The molecule has 4 heteroatoms. The van der Waals surface area contributed by atoms with Crippen LogP contribution in [0.15, 0.2) is 24.8 Å². The van der Waals surface area contributed by atoms with Gasteiger partial charge in [0.15, 0.2) is 0 Å². The van der Waals surface area contributed by atoms with Crippen molar-refractivity contribution in [1.82, 2.24) is 15.0 Å². The van der Waals surface area contributed by atoms with Gasteiger partial charge in [-0.25, -0.2) is 9.97 Å². The van der Waals surface area contributed by atoms with Crippen molar-refractivity contribution in [3.8, 4) is 0 Å². The van der Waals surface area contributed by atoms with Crippen LogP contribution in [-0.2, 0) is 0 Å². The summed E-state index contributed by atoms with van der Waals surface area (Å²) in [4.78, 5) is 10.8. The molecule has 0 fully saturated rings. The lowest BCUT2D eigenvalue weighted by atomic mass is 10.4. The Bertz CT molecular complexity index is 287. The van der Waals surface area contributed by atoms with Crippen LogP contribution in [0, 0.1) is 0 Å². The minimum absolute atomic E-state index is 0. The number of halogens is 1. The summed E-state index contributed by atoms with van der Waals surface area (Å²) in [6, 6.07) is 1.94. The lowest BCUT2D eigenvalue weighted by Gasteiger charge is -1.81. The summed E-state index contributed by atoms with van der Waals surface area (Å²) in [5.74, 6) is 0. The molecule has 0 amide bonds. The molecule has 0 spiro atoms. The zero-order valence-electron chi connectivity index (χ0n) is 5.11. The maximum Gasteiger partial charge on any atom is 0.140 e. The summed E-state index contributed by atoms with van der Waals surface area (Å²) in [6.45, 7) is 0. The molecule has 52 valence electrons. The first kappa shape index (κ1) is 7.02. The van der Waals surface area contributed by atoms with E-state index < -0.39 is 0 Å². The fourth-order valence-corrected chi connectivity index (χ4v) is 0.793. The fourth-order valence-electron chi connectivity index (χ4n) is 0.793. The topological polar surface area (TPSA) is 41.6 Å². The molecule has 1 N–H and O–H groups in total. The van der Waals surface area contributed by atoms with Crippen LogP contribution in [0.2, 0.25) is 0 Å². The molecule has 10 heavy (non-hydrogen) atoms. The SMILES string of the molecule is Cl.c1ncc2cc[nH]c2n1. The van der Waals surface area contributed by atoms with Crippen molar-refractivity contribution in [3.63, 3.8) is 0 Å². The molecule has 2 rings (SSSR count). The molecule has 0 bridgehead atoms. The summed E-state index contributed by atoms with van der Waals surface area (Å²) in [5, 5.41) is 1.05. The van der Waals surface area contributed by atoms with Gasteiger partial charge in [-0.2, -0.15) is 0 Å². The lowest BCUT2D eigenvalue weighted by Crippen LogP contribution is -1.75. The third kappa shape index (κ3) is 0.953. The summed E-state index contributed by atoms with van der Waals surface area (Å²) in [6.07, 6.45) is 5.15. The van der Waals surface area contributed by atoms with Gasteiger partial charge >= 0.3 is 0 Å². The van der Waals surface area contributed by atoms with Crippen LogP contribution in [0.4, 0.5) is 0 Å². The van der Waals surface area contributed by atoms with E-state index in [0.29, 0.717) is 0 Å². The van der Waals surface area contributed by atoms with Gasteiger partial charge in [-0.1, -0.05) is 0 Å². The Morgan fingerprint density at radius 1 is 1.40 bits per heavy atom. The van der Waals surface area contributed by atoms with E-state index in [1.54, 1.807) is 6.20 Å². The van der Waals surface area contributed by atoms with Crippen LogP contribution in [0.1, 0.15) is 0 Å². The molecule has 2 aromatic heterocycles. The highest BCUT2D eigenvalue weighted by Crippen LogP contribution is 2.03. The quantitative estimate of drug-likeness (QED) is 0.625. The average molecular weight is 156 g/mol. The number of aromatic nitrogens is 3. The second-order valence-corrected chi connectivity index (χ2v) is 1.80. The first-order valence-electron chi connectivity index (χ1n) is 2.70. The van der Waals surface area contributed by atoms with Crippen molar-refractivity contribution in [3.05, 3.63) is 24.8 Å². The molecular formula is C6H6ClN3. The number of aromatic amines is 1. The van der Waals surface area contributed by atoms with Gasteiger partial charge in [-0.05, 0) is 6.07 Å².